The molecule has 0 atom stereocenters. The van der Waals surface area contributed by atoms with E-state index in [2.05, 4.69) is 15.3 Å². The minimum atomic E-state index is -2.85. The molecule has 5 rings (SSSR count). The SMILES string of the molecule is O=C(Nc1c(-c2ccccc2F)ccnc1N1CCC(F)(F)C1)N1Cc2ccncc2C1. The Kier molecular flexibility index (Phi) is 4.96. The maximum absolute atomic E-state index is 14.6. The number of nitrogens with one attached hydrogen (secondary N) is 1. The van der Waals surface area contributed by atoms with Gasteiger partial charge in [-0.3, -0.25) is 4.98 Å². The highest BCUT2D eigenvalue weighted by molar-refractivity contribution is 5.99. The molecule has 1 aromatic carbocycles. The van der Waals surface area contributed by atoms with Crippen LogP contribution in [-0.2, 0) is 13.1 Å². The highest BCUT2D eigenvalue weighted by Gasteiger charge is 2.40. The smallest absolute Gasteiger partial charge is 0.322 e. The number of amides is 2. The summed E-state index contributed by atoms with van der Waals surface area (Å²) in [5, 5.41) is 2.84. The predicted octanol–water partition coefficient (Wildman–Crippen LogP) is 4.68. The Morgan fingerprint density at radius 1 is 1.03 bits per heavy atom. The summed E-state index contributed by atoms with van der Waals surface area (Å²) >= 11 is 0. The summed E-state index contributed by atoms with van der Waals surface area (Å²) < 4.78 is 42.5. The number of aromatic nitrogens is 2. The van der Waals surface area contributed by atoms with E-state index in [1.165, 1.54) is 17.2 Å². The number of rotatable bonds is 3. The van der Waals surface area contributed by atoms with Crippen LogP contribution in [0.5, 0.6) is 0 Å². The zero-order chi connectivity index (χ0) is 22.3. The molecule has 1 saturated heterocycles. The van der Waals surface area contributed by atoms with Gasteiger partial charge in [-0.05, 0) is 29.3 Å². The van der Waals surface area contributed by atoms with E-state index in [0.717, 1.165) is 11.1 Å². The van der Waals surface area contributed by atoms with Gasteiger partial charge in [0.25, 0.3) is 5.92 Å². The first-order chi connectivity index (χ1) is 15.4. The van der Waals surface area contributed by atoms with E-state index in [9.17, 15) is 18.0 Å². The number of anilines is 2. The first-order valence-corrected chi connectivity index (χ1v) is 10.3. The van der Waals surface area contributed by atoms with Gasteiger partial charge >= 0.3 is 6.03 Å². The minimum absolute atomic E-state index is 0.0877. The molecular weight excluding hydrogens is 419 g/mol. The molecule has 3 aromatic rings. The van der Waals surface area contributed by atoms with Crippen molar-refractivity contribution >= 4 is 17.5 Å². The topological polar surface area (TPSA) is 61.4 Å². The molecular formula is C23H20F3N5O. The molecule has 0 radical (unpaired) electrons. The molecule has 0 spiro atoms. The van der Waals surface area contributed by atoms with Crippen molar-refractivity contribution in [1.29, 1.82) is 0 Å². The van der Waals surface area contributed by atoms with Gasteiger partial charge in [-0.2, -0.15) is 0 Å². The standard InChI is InChI=1S/C23H20F3N5O/c24-19-4-2-1-3-17(19)18-6-9-28-21(30-10-7-23(25,26)14-30)20(18)29-22(32)31-12-15-5-8-27-11-16(15)13-31/h1-6,8-9,11H,7,10,12-14H2,(H,29,32). The first kappa shape index (κ1) is 20.3. The van der Waals surface area contributed by atoms with Gasteiger partial charge in [-0.1, -0.05) is 18.2 Å². The van der Waals surface area contributed by atoms with Crippen LogP contribution in [0.4, 0.5) is 29.5 Å². The number of nitrogens with zero attached hydrogens (tertiary/aromatic N) is 4. The fourth-order valence-corrected chi connectivity index (χ4v) is 4.18. The molecule has 32 heavy (non-hydrogen) atoms. The van der Waals surface area contributed by atoms with Crippen molar-refractivity contribution in [3.8, 4) is 11.1 Å². The molecule has 2 aliphatic heterocycles. The van der Waals surface area contributed by atoms with E-state index in [4.69, 9.17) is 0 Å². The Hall–Kier alpha value is -3.62. The normalized spacial score (nSPS) is 16.8. The second-order valence-corrected chi connectivity index (χ2v) is 8.00. The summed E-state index contributed by atoms with van der Waals surface area (Å²) in [6, 6.07) is 9.16. The number of carbonyl (C=O) groups excluding carboxylic acids is 1. The third kappa shape index (κ3) is 3.74. The van der Waals surface area contributed by atoms with Gasteiger partial charge in [0, 0.05) is 55.8 Å². The molecule has 2 amide bonds. The monoisotopic (exact) mass is 439 g/mol. The molecule has 2 aromatic heterocycles. The van der Waals surface area contributed by atoms with Gasteiger partial charge < -0.3 is 15.1 Å². The summed E-state index contributed by atoms with van der Waals surface area (Å²) in [6.07, 6.45) is 4.53. The number of alkyl halides is 2. The summed E-state index contributed by atoms with van der Waals surface area (Å²) in [4.78, 5) is 24.6. The van der Waals surface area contributed by atoms with Gasteiger partial charge in [0.2, 0.25) is 0 Å². The summed E-state index contributed by atoms with van der Waals surface area (Å²) in [5.41, 5.74) is 2.80. The van der Waals surface area contributed by atoms with Crippen LogP contribution in [0.15, 0.2) is 55.0 Å². The van der Waals surface area contributed by atoms with Crippen LogP contribution in [0.2, 0.25) is 0 Å². The number of urea groups is 1. The van der Waals surface area contributed by atoms with Crippen LogP contribution in [0.25, 0.3) is 11.1 Å². The molecule has 2 aliphatic rings. The number of hydrogen-bond acceptors (Lipinski definition) is 4. The van der Waals surface area contributed by atoms with Crippen molar-refractivity contribution in [3.63, 3.8) is 0 Å². The largest absolute Gasteiger partial charge is 0.349 e. The maximum Gasteiger partial charge on any atom is 0.322 e. The number of hydrogen-bond donors (Lipinski definition) is 1. The van der Waals surface area contributed by atoms with Crippen molar-refractivity contribution in [3.05, 3.63) is 71.9 Å². The number of fused-ring (bicyclic) bond motifs is 1. The quantitative estimate of drug-likeness (QED) is 0.644. The highest BCUT2D eigenvalue weighted by Crippen LogP contribution is 2.40. The van der Waals surface area contributed by atoms with E-state index in [1.807, 2.05) is 6.07 Å². The molecule has 0 saturated carbocycles. The van der Waals surface area contributed by atoms with Crippen molar-refractivity contribution < 1.29 is 18.0 Å². The lowest BCUT2D eigenvalue weighted by molar-refractivity contribution is 0.0257. The highest BCUT2D eigenvalue weighted by atomic mass is 19.3. The molecule has 0 aliphatic carbocycles. The molecule has 1 fully saturated rings. The van der Waals surface area contributed by atoms with Gasteiger partial charge in [-0.15, -0.1) is 0 Å². The van der Waals surface area contributed by atoms with Crippen LogP contribution < -0.4 is 10.2 Å². The molecule has 6 nitrogen and oxygen atoms in total. The Labute approximate surface area is 182 Å². The third-order valence-corrected chi connectivity index (χ3v) is 5.81. The summed E-state index contributed by atoms with van der Waals surface area (Å²) in [5.74, 6) is -3.12. The number of benzene rings is 1. The summed E-state index contributed by atoms with van der Waals surface area (Å²) in [7, 11) is 0. The van der Waals surface area contributed by atoms with Crippen LogP contribution in [0.1, 0.15) is 17.5 Å². The molecule has 4 heterocycles. The Bertz CT molecular complexity index is 1160. The fraction of sp³-hybridized carbons (Fsp3) is 0.261. The van der Waals surface area contributed by atoms with Gasteiger partial charge in [0.05, 0.1) is 12.2 Å². The lowest BCUT2D eigenvalue weighted by atomic mass is 10.0. The average molecular weight is 439 g/mol. The zero-order valence-electron chi connectivity index (χ0n) is 17.1. The molecule has 0 bridgehead atoms. The molecule has 0 unspecified atom stereocenters. The minimum Gasteiger partial charge on any atom is -0.349 e. The van der Waals surface area contributed by atoms with Crippen molar-refractivity contribution in [2.24, 2.45) is 0 Å². The van der Waals surface area contributed by atoms with Crippen LogP contribution in [0.3, 0.4) is 0 Å². The Balaban J connectivity index is 1.52. The van der Waals surface area contributed by atoms with E-state index in [-0.39, 0.29) is 30.0 Å². The van der Waals surface area contributed by atoms with Gasteiger partial charge in [0.1, 0.15) is 5.82 Å². The number of halogens is 3. The summed E-state index contributed by atoms with van der Waals surface area (Å²) in [6.45, 7) is 0.354. The first-order valence-electron chi connectivity index (χ1n) is 10.3. The second-order valence-electron chi connectivity index (χ2n) is 8.00. The molecule has 164 valence electrons. The molecule has 1 N–H and O–H groups in total. The van der Waals surface area contributed by atoms with Crippen LogP contribution in [-0.4, -0.2) is 39.9 Å². The maximum atomic E-state index is 14.6. The predicted molar refractivity (Wildman–Crippen MR) is 114 cm³/mol. The van der Waals surface area contributed by atoms with E-state index < -0.39 is 24.3 Å². The van der Waals surface area contributed by atoms with Crippen molar-refractivity contribution in [2.45, 2.75) is 25.4 Å². The van der Waals surface area contributed by atoms with Gasteiger partial charge in [-0.25, -0.2) is 22.9 Å². The fourth-order valence-electron chi connectivity index (χ4n) is 4.18. The average Bonchev–Trinajstić information content (AvgIpc) is 3.37. The lowest BCUT2D eigenvalue weighted by Crippen LogP contribution is -2.32. The lowest BCUT2D eigenvalue weighted by Gasteiger charge is -2.24. The number of pyridine rings is 2. The van der Waals surface area contributed by atoms with Crippen LogP contribution >= 0.6 is 0 Å². The zero-order valence-corrected chi connectivity index (χ0v) is 17.1. The third-order valence-electron chi connectivity index (χ3n) is 5.81. The van der Waals surface area contributed by atoms with E-state index in [0.29, 0.717) is 18.7 Å². The van der Waals surface area contributed by atoms with E-state index in [1.54, 1.807) is 41.6 Å². The number of carbonyl (C=O) groups is 1. The Morgan fingerprint density at radius 2 is 1.84 bits per heavy atom. The molecule has 9 heteroatoms. The van der Waals surface area contributed by atoms with Gasteiger partial charge in [0.15, 0.2) is 5.82 Å². The van der Waals surface area contributed by atoms with Crippen molar-refractivity contribution in [1.82, 2.24) is 14.9 Å². The van der Waals surface area contributed by atoms with Crippen molar-refractivity contribution in [2.75, 3.05) is 23.3 Å². The van der Waals surface area contributed by atoms with E-state index >= 15 is 0 Å². The second kappa shape index (κ2) is 7.81. The van der Waals surface area contributed by atoms with Crippen LogP contribution in [0, 0.1) is 5.82 Å². The Morgan fingerprint density at radius 3 is 2.59 bits per heavy atom.